The third-order valence-electron chi connectivity index (χ3n) is 2.18. The van der Waals surface area contributed by atoms with E-state index in [0.29, 0.717) is 5.00 Å². The maximum absolute atomic E-state index is 11.5. The maximum Gasteiger partial charge on any atom is 0.412 e. The molecule has 8 heteroatoms. The molecule has 0 saturated heterocycles. The zero-order valence-corrected chi connectivity index (χ0v) is 12.2. The van der Waals surface area contributed by atoms with Crippen LogP contribution in [0.1, 0.15) is 32.4 Å². The van der Waals surface area contributed by atoms with Crippen molar-refractivity contribution in [3.63, 3.8) is 0 Å². The summed E-state index contributed by atoms with van der Waals surface area (Å²) >= 11 is 1.13. The van der Waals surface area contributed by atoms with Crippen LogP contribution in [0.25, 0.3) is 0 Å². The Morgan fingerprint density at radius 3 is 2.50 bits per heavy atom. The van der Waals surface area contributed by atoms with E-state index in [2.05, 4.69) is 5.32 Å². The lowest BCUT2D eigenvalue weighted by Gasteiger charge is -2.19. The van der Waals surface area contributed by atoms with Crippen LogP contribution in [0.2, 0.25) is 0 Å². The number of nitrogens with one attached hydrogen (secondary N) is 1. The lowest BCUT2D eigenvalue weighted by atomic mass is 10.1. The number of amides is 2. The maximum atomic E-state index is 11.5. The first-order valence-electron chi connectivity index (χ1n) is 5.84. The van der Waals surface area contributed by atoms with E-state index in [-0.39, 0.29) is 5.56 Å². The molecule has 0 bridgehead atoms. The molecule has 5 N–H and O–H groups in total. The molecule has 0 spiro atoms. The van der Waals surface area contributed by atoms with E-state index in [1.807, 2.05) is 0 Å². The van der Waals surface area contributed by atoms with Gasteiger partial charge in [-0.3, -0.25) is 10.1 Å². The molecule has 0 fully saturated rings. The largest absolute Gasteiger partial charge is 0.444 e. The molecule has 0 aliphatic heterocycles. The molecule has 1 aromatic heterocycles. The summed E-state index contributed by atoms with van der Waals surface area (Å²) in [6, 6.07) is 1.44. The third kappa shape index (κ3) is 4.80. The molecular formula is C12H18N2O5S. The highest BCUT2D eigenvalue weighted by molar-refractivity contribution is 7.14. The quantitative estimate of drug-likeness (QED) is 0.660. The highest BCUT2D eigenvalue weighted by atomic mass is 32.1. The molecule has 112 valence electrons. The molecule has 2 amide bonds. The van der Waals surface area contributed by atoms with Gasteiger partial charge >= 0.3 is 6.09 Å². The van der Waals surface area contributed by atoms with Crippen molar-refractivity contribution >= 4 is 28.3 Å². The molecule has 20 heavy (non-hydrogen) atoms. The van der Waals surface area contributed by atoms with Crippen LogP contribution >= 0.6 is 11.3 Å². The number of primary amides is 1. The Bertz CT molecular complexity index is 494. The van der Waals surface area contributed by atoms with E-state index in [0.717, 1.165) is 11.3 Å². The standard InChI is InChI=1S/C12H18N2O5S/c1-12(2,3)19-11(18)14-7-4-6(5-20-7)8(15)9(16)10(13)17/h4-5,8-9,15-16H,1-3H3,(H2,13,17)(H,14,18). The van der Waals surface area contributed by atoms with Gasteiger partial charge in [0.05, 0.1) is 5.00 Å². The number of aliphatic hydroxyl groups is 2. The number of carbonyl (C=O) groups excluding carboxylic acids is 2. The van der Waals surface area contributed by atoms with Crippen molar-refractivity contribution in [2.45, 2.75) is 38.6 Å². The molecule has 1 rings (SSSR count). The SMILES string of the molecule is CC(C)(C)OC(=O)Nc1cc(C(O)C(O)C(N)=O)cs1. The van der Waals surface area contributed by atoms with Crippen molar-refractivity contribution in [2.75, 3.05) is 5.32 Å². The van der Waals surface area contributed by atoms with E-state index < -0.39 is 29.8 Å². The van der Waals surface area contributed by atoms with Crippen LogP contribution in [0.5, 0.6) is 0 Å². The van der Waals surface area contributed by atoms with Crippen molar-refractivity contribution in [1.29, 1.82) is 0 Å². The minimum atomic E-state index is -1.70. The minimum Gasteiger partial charge on any atom is -0.444 e. The second-order valence-corrected chi connectivity index (χ2v) is 6.07. The molecule has 0 aromatic carbocycles. The van der Waals surface area contributed by atoms with Gasteiger partial charge in [-0.05, 0) is 37.8 Å². The van der Waals surface area contributed by atoms with Gasteiger partial charge in [0.2, 0.25) is 5.91 Å². The Labute approximate surface area is 120 Å². The van der Waals surface area contributed by atoms with Gasteiger partial charge in [-0.25, -0.2) is 4.79 Å². The van der Waals surface area contributed by atoms with E-state index in [9.17, 15) is 19.8 Å². The van der Waals surface area contributed by atoms with Crippen LogP contribution < -0.4 is 11.1 Å². The zero-order valence-electron chi connectivity index (χ0n) is 11.4. The Morgan fingerprint density at radius 1 is 1.40 bits per heavy atom. The summed E-state index contributed by atoms with van der Waals surface area (Å²) in [5.74, 6) is -1.02. The number of thiophene rings is 1. The molecule has 0 aliphatic rings. The van der Waals surface area contributed by atoms with Crippen LogP contribution in [0.4, 0.5) is 9.80 Å². The van der Waals surface area contributed by atoms with Gasteiger partial charge in [0.25, 0.3) is 0 Å². The minimum absolute atomic E-state index is 0.285. The van der Waals surface area contributed by atoms with Gasteiger partial charge in [0.1, 0.15) is 11.7 Å². The smallest absolute Gasteiger partial charge is 0.412 e. The first-order valence-corrected chi connectivity index (χ1v) is 6.72. The Kier molecular flexibility index (Phi) is 5.09. The van der Waals surface area contributed by atoms with Crippen molar-refractivity contribution in [3.8, 4) is 0 Å². The van der Waals surface area contributed by atoms with Gasteiger partial charge in [-0.15, -0.1) is 11.3 Å². The van der Waals surface area contributed by atoms with Crippen LogP contribution in [0.15, 0.2) is 11.4 Å². The van der Waals surface area contributed by atoms with Gasteiger partial charge in [-0.1, -0.05) is 0 Å². The van der Waals surface area contributed by atoms with Crippen molar-refractivity contribution in [3.05, 3.63) is 17.0 Å². The first kappa shape index (κ1) is 16.4. The number of carbonyl (C=O) groups is 2. The van der Waals surface area contributed by atoms with Gasteiger partial charge < -0.3 is 20.7 Å². The molecule has 0 radical (unpaired) electrons. The number of anilines is 1. The number of nitrogens with two attached hydrogens (primary N) is 1. The number of hydrogen-bond donors (Lipinski definition) is 4. The third-order valence-corrected chi connectivity index (χ3v) is 3.04. The van der Waals surface area contributed by atoms with Crippen LogP contribution in [0.3, 0.4) is 0 Å². The fourth-order valence-corrected chi connectivity index (χ4v) is 2.13. The van der Waals surface area contributed by atoms with Crippen molar-refractivity contribution in [1.82, 2.24) is 0 Å². The molecular weight excluding hydrogens is 284 g/mol. The van der Waals surface area contributed by atoms with Gasteiger partial charge in [-0.2, -0.15) is 0 Å². The fourth-order valence-electron chi connectivity index (χ4n) is 1.31. The summed E-state index contributed by atoms with van der Waals surface area (Å²) in [6.45, 7) is 5.21. The summed E-state index contributed by atoms with van der Waals surface area (Å²) in [5, 5.41) is 23.5. The first-order chi connectivity index (χ1) is 9.10. The summed E-state index contributed by atoms with van der Waals surface area (Å²) in [4.78, 5) is 22.3. The Balaban J connectivity index is 2.68. The predicted molar refractivity (Wildman–Crippen MR) is 74.3 cm³/mol. The normalized spacial score (nSPS) is 14.4. The molecule has 1 heterocycles. The lowest BCUT2D eigenvalue weighted by molar-refractivity contribution is -0.131. The molecule has 0 aliphatic carbocycles. The summed E-state index contributed by atoms with van der Waals surface area (Å²) in [5.41, 5.74) is 4.56. The molecule has 2 atom stereocenters. The van der Waals surface area contributed by atoms with Gasteiger partial charge in [0.15, 0.2) is 6.10 Å². The average molecular weight is 302 g/mol. The number of rotatable bonds is 4. The monoisotopic (exact) mass is 302 g/mol. The predicted octanol–water partition coefficient (Wildman–Crippen LogP) is 0.975. The van der Waals surface area contributed by atoms with Crippen LogP contribution in [-0.2, 0) is 9.53 Å². The Morgan fingerprint density at radius 2 is 2.00 bits per heavy atom. The Hall–Kier alpha value is -1.64. The van der Waals surface area contributed by atoms with E-state index in [1.165, 1.54) is 11.4 Å². The van der Waals surface area contributed by atoms with E-state index in [4.69, 9.17) is 10.5 Å². The number of aliphatic hydroxyl groups excluding tert-OH is 2. The molecule has 0 saturated carbocycles. The fraction of sp³-hybridized carbons (Fsp3) is 0.500. The molecule has 2 unspecified atom stereocenters. The lowest BCUT2D eigenvalue weighted by Crippen LogP contribution is -2.33. The van der Waals surface area contributed by atoms with Crippen molar-refractivity contribution < 1.29 is 24.5 Å². The summed E-state index contributed by atoms with van der Waals surface area (Å²) < 4.78 is 5.07. The highest BCUT2D eigenvalue weighted by Gasteiger charge is 2.25. The van der Waals surface area contributed by atoms with E-state index >= 15 is 0 Å². The van der Waals surface area contributed by atoms with E-state index in [1.54, 1.807) is 20.8 Å². The van der Waals surface area contributed by atoms with Gasteiger partial charge in [0, 0.05) is 0 Å². The summed E-state index contributed by atoms with van der Waals surface area (Å²) in [7, 11) is 0. The number of hydrogen-bond acceptors (Lipinski definition) is 6. The summed E-state index contributed by atoms with van der Waals surface area (Å²) in [6.07, 6.45) is -3.76. The molecule has 1 aromatic rings. The highest BCUT2D eigenvalue weighted by Crippen LogP contribution is 2.27. The van der Waals surface area contributed by atoms with Crippen LogP contribution in [0, 0.1) is 0 Å². The van der Waals surface area contributed by atoms with Crippen molar-refractivity contribution in [2.24, 2.45) is 5.73 Å². The average Bonchev–Trinajstić information content (AvgIpc) is 2.72. The molecule has 7 nitrogen and oxygen atoms in total. The number of ether oxygens (including phenoxy) is 1. The second-order valence-electron chi connectivity index (χ2n) is 5.16. The topological polar surface area (TPSA) is 122 Å². The zero-order chi connectivity index (χ0) is 15.5. The van der Waals surface area contributed by atoms with Crippen LogP contribution in [-0.4, -0.2) is 33.9 Å². The second kappa shape index (κ2) is 6.21.